The van der Waals surface area contributed by atoms with E-state index in [0.717, 1.165) is 0 Å². The Kier molecular flexibility index (Phi) is 7.17. The molecule has 0 aliphatic heterocycles. The summed E-state index contributed by atoms with van der Waals surface area (Å²) in [6.07, 6.45) is -0.232. The van der Waals surface area contributed by atoms with Crippen molar-refractivity contribution in [1.82, 2.24) is 5.32 Å². The standard InChI is InChI=1S/C13H24N2O5/c1-6-11(16)7-10(8-15(18)19)9(2)14-12(17)20-13(3,4)5/h9-10H,6-8H2,1-5H3,(H,14,17)/t9-,10-/m0/s1. The SMILES string of the molecule is CCC(=O)C[C@@H](C[N+](=O)[O-])[C@H](C)NC(=O)OC(C)(C)C. The van der Waals surface area contributed by atoms with Crippen molar-refractivity contribution in [2.75, 3.05) is 6.54 Å². The molecule has 0 aromatic heterocycles. The van der Waals surface area contributed by atoms with Crippen LogP contribution in [0.4, 0.5) is 4.79 Å². The molecule has 0 rings (SSSR count). The molecule has 20 heavy (non-hydrogen) atoms. The number of ketones is 1. The first-order valence-electron chi connectivity index (χ1n) is 6.68. The van der Waals surface area contributed by atoms with Crippen molar-refractivity contribution in [3.8, 4) is 0 Å². The van der Waals surface area contributed by atoms with Crippen molar-refractivity contribution in [2.45, 2.75) is 59.1 Å². The van der Waals surface area contributed by atoms with Gasteiger partial charge in [0.2, 0.25) is 6.54 Å². The number of carbonyl (C=O) groups excluding carboxylic acids is 2. The predicted molar refractivity (Wildman–Crippen MR) is 74.1 cm³/mol. The molecule has 116 valence electrons. The zero-order valence-electron chi connectivity index (χ0n) is 12.8. The first kappa shape index (κ1) is 18.3. The largest absolute Gasteiger partial charge is 0.444 e. The van der Waals surface area contributed by atoms with Gasteiger partial charge < -0.3 is 10.1 Å². The van der Waals surface area contributed by atoms with E-state index in [-0.39, 0.29) is 18.7 Å². The van der Waals surface area contributed by atoms with Crippen molar-refractivity contribution in [3.63, 3.8) is 0 Å². The van der Waals surface area contributed by atoms with E-state index in [1.807, 2.05) is 0 Å². The van der Waals surface area contributed by atoms with Gasteiger partial charge in [0.25, 0.3) is 0 Å². The molecule has 7 heteroatoms. The number of alkyl carbamates (subject to hydrolysis) is 1. The summed E-state index contributed by atoms with van der Waals surface area (Å²) in [5.41, 5.74) is -0.637. The van der Waals surface area contributed by atoms with Crippen LogP contribution >= 0.6 is 0 Å². The number of ether oxygens (including phenoxy) is 1. The van der Waals surface area contributed by atoms with Crippen LogP contribution in [0.2, 0.25) is 0 Å². The molecule has 0 saturated heterocycles. The number of amides is 1. The Morgan fingerprint density at radius 1 is 1.35 bits per heavy atom. The minimum Gasteiger partial charge on any atom is -0.444 e. The molecule has 0 saturated carbocycles. The van der Waals surface area contributed by atoms with Gasteiger partial charge in [0, 0.05) is 23.8 Å². The average Bonchev–Trinajstić information content (AvgIpc) is 2.24. The molecular weight excluding hydrogens is 264 g/mol. The Morgan fingerprint density at radius 2 is 1.90 bits per heavy atom. The second-order valence-corrected chi connectivity index (χ2v) is 5.81. The number of nitro groups is 1. The summed E-state index contributed by atoms with van der Waals surface area (Å²) in [5, 5.41) is 13.2. The molecule has 1 N–H and O–H groups in total. The maximum absolute atomic E-state index is 11.6. The summed E-state index contributed by atoms with van der Waals surface area (Å²) in [6.45, 7) is 8.17. The van der Waals surface area contributed by atoms with Gasteiger partial charge in [0.05, 0.1) is 5.92 Å². The lowest BCUT2D eigenvalue weighted by atomic mass is 9.94. The van der Waals surface area contributed by atoms with Gasteiger partial charge in [-0.3, -0.25) is 14.9 Å². The fourth-order valence-electron chi connectivity index (χ4n) is 1.64. The molecule has 1 amide bonds. The van der Waals surface area contributed by atoms with Crippen molar-refractivity contribution < 1.29 is 19.2 Å². The number of hydrogen-bond acceptors (Lipinski definition) is 5. The van der Waals surface area contributed by atoms with E-state index in [9.17, 15) is 19.7 Å². The van der Waals surface area contributed by atoms with Gasteiger partial charge in [-0.25, -0.2) is 4.79 Å². The molecule has 2 atom stereocenters. The van der Waals surface area contributed by atoms with Gasteiger partial charge in [0.15, 0.2) is 0 Å². The molecule has 0 aromatic rings. The summed E-state index contributed by atoms with van der Waals surface area (Å²) in [4.78, 5) is 33.3. The maximum Gasteiger partial charge on any atom is 0.407 e. The smallest absolute Gasteiger partial charge is 0.407 e. The Morgan fingerprint density at radius 3 is 2.30 bits per heavy atom. The van der Waals surface area contributed by atoms with E-state index in [0.29, 0.717) is 6.42 Å². The molecule has 0 aromatic carbocycles. The highest BCUT2D eigenvalue weighted by Gasteiger charge is 2.27. The van der Waals surface area contributed by atoms with Crippen LogP contribution in [0, 0.1) is 16.0 Å². The fourth-order valence-corrected chi connectivity index (χ4v) is 1.64. The summed E-state index contributed by atoms with van der Waals surface area (Å²) in [6, 6.07) is -0.509. The third-order valence-corrected chi connectivity index (χ3v) is 2.72. The van der Waals surface area contributed by atoms with E-state index in [2.05, 4.69) is 5.32 Å². The monoisotopic (exact) mass is 288 g/mol. The maximum atomic E-state index is 11.6. The summed E-state index contributed by atoms with van der Waals surface area (Å²) in [5.74, 6) is -0.598. The molecule has 0 aliphatic carbocycles. The van der Waals surface area contributed by atoms with Crippen LogP contribution in [0.1, 0.15) is 47.5 Å². The second-order valence-electron chi connectivity index (χ2n) is 5.81. The van der Waals surface area contributed by atoms with E-state index in [1.54, 1.807) is 34.6 Å². The highest BCUT2D eigenvalue weighted by molar-refractivity contribution is 5.78. The molecule has 0 heterocycles. The van der Waals surface area contributed by atoms with E-state index >= 15 is 0 Å². The van der Waals surface area contributed by atoms with Crippen LogP contribution in [0.5, 0.6) is 0 Å². The Balaban J connectivity index is 4.61. The zero-order valence-corrected chi connectivity index (χ0v) is 12.8. The molecule has 0 spiro atoms. The number of hydrogen-bond donors (Lipinski definition) is 1. The van der Waals surface area contributed by atoms with E-state index in [1.165, 1.54) is 0 Å². The van der Waals surface area contributed by atoms with Crippen LogP contribution in [-0.4, -0.2) is 35.0 Å². The highest BCUT2D eigenvalue weighted by atomic mass is 16.6. The van der Waals surface area contributed by atoms with Crippen LogP contribution in [0.15, 0.2) is 0 Å². The van der Waals surface area contributed by atoms with Gasteiger partial charge in [-0.15, -0.1) is 0 Å². The number of nitrogens with zero attached hydrogens (tertiary/aromatic N) is 1. The first-order valence-corrected chi connectivity index (χ1v) is 6.68. The molecule has 7 nitrogen and oxygen atoms in total. The topological polar surface area (TPSA) is 98.5 Å². The van der Waals surface area contributed by atoms with Gasteiger partial charge >= 0.3 is 6.09 Å². The van der Waals surface area contributed by atoms with Gasteiger partial charge in [0.1, 0.15) is 11.4 Å². The lowest BCUT2D eigenvalue weighted by molar-refractivity contribution is -0.488. The molecule has 0 aliphatic rings. The van der Waals surface area contributed by atoms with Crippen molar-refractivity contribution in [3.05, 3.63) is 10.1 Å². The van der Waals surface area contributed by atoms with Crippen molar-refractivity contribution in [2.24, 2.45) is 5.92 Å². The minimum absolute atomic E-state index is 0.0605. The van der Waals surface area contributed by atoms with E-state index in [4.69, 9.17) is 4.74 Å². The summed E-state index contributed by atoms with van der Waals surface area (Å²) < 4.78 is 5.09. The van der Waals surface area contributed by atoms with Gasteiger partial charge in [-0.05, 0) is 27.7 Å². The molecule has 0 radical (unpaired) electrons. The molecule has 0 unspecified atom stereocenters. The quantitative estimate of drug-likeness (QED) is 0.571. The lowest BCUT2D eigenvalue weighted by Gasteiger charge is -2.24. The molecular formula is C13H24N2O5. The van der Waals surface area contributed by atoms with E-state index < -0.39 is 28.6 Å². The van der Waals surface area contributed by atoms with Gasteiger partial charge in [-0.1, -0.05) is 6.92 Å². The summed E-state index contributed by atoms with van der Waals surface area (Å²) in [7, 11) is 0. The minimum atomic E-state index is -0.637. The second kappa shape index (κ2) is 7.81. The first-order chi connectivity index (χ1) is 9.05. The van der Waals surface area contributed by atoms with Crippen LogP contribution in [0.3, 0.4) is 0 Å². The molecule has 0 fully saturated rings. The van der Waals surface area contributed by atoms with Crippen LogP contribution in [-0.2, 0) is 9.53 Å². The Bertz CT molecular complexity index is 362. The number of carbonyl (C=O) groups is 2. The molecule has 0 bridgehead atoms. The predicted octanol–water partition coefficient (Wildman–Crippen LogP) is 2.16. The lowest BCUT2D eigenvalue weighted by Crippen LogP contribution is -2.43. The van der Waals surface area contributed by atoms with Crippen LogP contribution < -0.4 is 5.32 Å². The number of Topliss-reactive ketones (excluding diaryl/α,β-unsaturated/α-hetero) is 1. The Labute approximate surface area is 119 Å². The third-order valence-electron chi connectivity index (χ3n) is 2.72. The normalized spacial score (nSPS) is 14.2. The fraction of sp³-hybridized carbons (Fsp3) is 0.846. The summed E-state index contributed by atoms with van der Waals surface area (Å²) >= 11 is 0. The third kappa shape index (κ3) is 8.44. The van der Waals surface area contributed by atoms with Crippen molar-refractivity contribution >= 4 is 11.9 Å². The number of nitrogens with one attached hydrogen (secondary N) is 1. The van der Waals surface area contributed by atoms with Crippen LogP contribution in [0.25, 0.3) is 0 Å². The van der Waals surface area contributed by atoms with Crippen molar-refractivity contribution in [1.29, 1.82) is 0 Å². The average molecular weight is 288 g/mol. The number of rotatable bonds is 7. The Hall–Kier alpha value is -1.66. The highest BCUT2D eigenvalue weighted by Crippen LogP contribution is 2.13. The van der Waals surface area contributed by atoms with Gasteiger partial charge in [-0.2, -0.15) is 0 Å². The zero-order chi connectivity index (χ0) is 15.9.